The van der Waals surface area contributed by atoms with E-state index in [9.17, 15) is 9.90 Å². The van der Waals surface area contributed by atoms with Crippen LogP contribution in [0.2, 0.25) is 0 Å². The summed E-state index contributed by atoms with van der Waals surface area (Å²) >= 11 is 0. The number of aromatic amines is 1. The van der Waals surface area contributed by atoms with Crippen LogP contribution in [-0.2, 0) is 11.3 Å². The van der Waals surface area contributed by atoms with Crippen LogP contribution in [0.15, 0.2) is 55.0 Å². The third-order valence-electron chi connectivity index (χ3n) is 6.39. The summed E-state index contributed by atoms with van der Waals surface area (Å²) in [5.41, 5.74) is 2.46. The van der Waals surface area contributed by atoms with Gasteiger partial charge in [0, 0.05) is 30.9 Å². The van der Waals surface area contributed by atoms with Gasteiger partial charge in [0.05, 0.1) is 25.7 Å². The van der Waals surface area contributed by atoms with Crippen molar-refractivity contribution in [2.75, 3.05) is 59.4 Å². The van der Waals surface area contributed by atoms with Crippen molar-refractivity contribution in [3.8, 4) is 23.0 Å². The van der Waals surface area contributed by atoms with E-state index in [-0.39, 0.29) is 0 Å². The number of hydrogen-bond donors (Lipinski definition) is 4. The molecule has 4 aromatic rings. The second-order valence-corrected chi connectivity index (χ2v) is 9.65. The highest BCUT2D eigenvalue weighted by molar-refractivity contribution is 5.92. The second kappa shape index (κ2) is 15.5. The highest BCUT2D eigenvalue weighted by atomic mass is 16.5. The predicted octanol–water partition coefficient (Wildman–Crippen LogP) is 4.06. The minimum Gasteiger partial charge on any atom is -0.497 e. The molecule has 2 aromatic carbocycles. The molecule has 0 saturated carbocycles. The summed E-state index contributed by atoms with van der Waals surface area (Å²) in [6, 6.07) is 12.6. The Bertz CT molecular complexity index is 1430. The number of carboxylic acid groups (broad SMARTS) is 1. The number of carboxylic acids is 1. The Kier molecular flexibility index (Phi) is 11.2. The molecule has 12 nitrogen and oxygen atoms in total. The maximum absolute atomic E-state index is 11.2. The molecule has 42 heavy (non-hydrogen) atoms. The van der Waals surface area contributed by atoms with Crippen molar-refractivity contribution in [3.05, 3.63) is 60.6 Å². The maximum Gasteiger partial charge on any atom is 0.341 e. The number of rotatable bonds is 18. The molecule has 224 valence electrons. The van der Waals surface area contributed by atoms with Gasteiger partial charge in [0.25, 0.3) is 0 Å². The van der Waals surface area contributed by atoms with Gasteiger partial charge in [0.15, 0.2) is 18.1 Å². The first-order valence-corrected chi connectivity index (χ1v) is 13.8. The van der Waals surface area contributed by atoms with Gasteiger partial charge < -0.3 is 44.6 Å². The Morgan fingerprint density at radius 1 is 1.00 bits per heavy atom. The summed E-state index contributed by atoms with van der Waals surface area (Å²) in [5, 5.41) is 16.6. The molecular formula is C30H38N6O6. The Morgan fingerprint density at radius 2 is 1.79 bits per heavy atom. The van der Waals surface area contributed by atoms with E-state index in [0.717, 1.165) is 54.2 Å². The number of nitrogens with one attached hydrogen (secondary N) is 3. The standard InChI is InChI=1S/C30H38N6O6/c1-31-12-4-13-36(2)18-21-17-32-29-28(21)30(34-20-33-29)35-22-6-11-25(26(16-22)42-19-27(37)38)41-15-5-14-40-24-9-7-23(39-3)8-10-24/h6-11,16-17,20,31H,4-5,12-15,18-19H2,1-3H3,(H,37,38)(H2,32,33,34,35). The number of anilines is 2. The van der Waals surface area contributed by atoms with Crippen LogP contribution in [0.3, 0.4) is 0 Å². The van der Waals surface area contributed by atoms with Crippen molar-refractivity contribution in [1.29, 1.82) is 0 Å². The molecule has 0 aliphatic rings. The third kappa shape index (κ3) is 8.72. The van der Waals surface area contributed by atoms with Crippen molar-refractivity contribution in [2.24, 2.45) is 0 Å². The molecule has 0 radical (unpaired) electrons. The largest absolute Gasteiger partial charge is 0.497 e. The fourth-order valence-corrected chi connectivity index (χ4v) is 4.34. The Balaban J connectivity index is 1.42. The second-order valence-electron chi connectivity index (χ2n) is 9.65. The van der Waals surface area contributed by atoms with Crippen molar-refractivity contribution in [3.63, 3.8) is 0 Å². The highest BCUT2D eigenvalue weighted by Crippen LogP contribution is 2.33. The van der Waals surface area contributed by atoms with Gasteiger partial charge in [0.2, 0.25) is 0 Å². The average Bonchev–Trinajstić information content (AvgIpc) is 3.40. The lowest BCUT2D eigenvalue weighted by Crippen LogP contribution is -2.22. The molecule has 0 unspecified atom stereocenters. The smallest absolute Gasteiger partial charge is 0.341 e. The van der Waals surface area contributed by atoms with E-state index in [1.165, 1.54) is 6.33 Å². The Morgan fingerprint density at radius 3 is 2.55 bits per heavy atom. The number of fused-ring (bicyclic) bond motifs is 1. The molecule has 0 spiro atoms. The van der Waals surface area contributed by atoms with E-state index in [0.29, 0.717) is 42.6 Å². The van der Waals surface area contributed by atoms with Gasteiger partial charge in [-0.3, -0.25) is 0 Å². The van der Waals surface area contributed by atoms with Crippen molar-refractivity contribution in [2.45, 2.75) is 19.4 Å². The zero-order valence-corrected chi connectivity index (χ0v) is 24.2. The zero-order chi connectivity index (χ0) is 29.7. The first-order chi connectivity index (χ1) is 20.5. The normalized spacial score (nSPS) is 11.0. The summed E-state index contributed by atoms with van der Waals surface area (Å²) in [6.45, 7) is 2.94. The lowest BCUT2D eigenvalue weighted by molar-refractivity contribution is -0.139. The van der Waals surface area contributed by atoms with Crippen LogP contribution >= 0.6 is 0 Å². The van der Waals surface area contributed by atoms with Gasteiger partial charge >= 0.3 is 5.97 Å². The summed E-state index contributed by atoms with van der Waals surface area (Å²) in [5.74, 6) is 1.79. The first-order valence-electron chi connectivity index (χ1n) is 13.8. The Hall–Kier alpha value is -4.55. The van der Waals surface area contributed by atoms with E-state index in [1.807, 2.05) is 43.6 Å². The molecule has 12 heteroatoms. The first kappa shape index (κ1) is 30.4. The number of aliphatic carboxylic acids is 1. The molecule has 0 bridgehead atoms. The van der Waals surface area contributed by atoms with Gasteiger partial charge in [-0.05, 0) is 75.6 Å². The summed E-state index contributed by atoms with van der Waals surface area (Å²) in [7, 11) is 5.65. The molecule has 0 amide bonds. The van der Waals surface area contributed by atoms with Crippen molar-refractivity contribution < 1.29 is 28.8 Å². The van der Waals surface area contributed by atoms with Gasteiger partial charge in [-0.15, -0.1) is 0 Å². The molecule has 0 fully saturated rings. The molecule has 0 aliphatic heterocycles. The number of carbonyl (C=O) groups is 1. The van der Waals surface area contributed by atoms with Crippen molar-refractivity contribution in [1.82, 2.24) is 25.2 Å². The van der Waals surface area contributed by atoms with Gasteiger partial charge in [0.1, 0.15) is 29.3 Å². The Labute approximate surface area is 245 Å². The summed E-state index contributed by atoms with van der Waals surface area (Å²) in [4.78, 5) is 25.6. The molecule has 0 aliphatic carbocycles. The van der Waals surface area contributed by atoms with Crippen LogP contribution < -0.4 is 29.6 Å². The summed E-state index contributed by atoms with van der Waals surface area (Å²) in [6.07, 6.45) is 5.11. The van der Waals surface area contributed by atoms with E-state index in [4.69, 9.17) is 18.9 Å². The van der Waals surface area contributed by atoms with Crippen LogP contribution in [0, 0.1) is 0 Å². The summed E-state index contributed by atoms with van der Waals surface area (Å²) < 4.78 is 22.4. The fourth-order valence-electron chi connectivity index (χ4n) is 4.34. The molecule has 2 heterocycles. The average molecular weight is 579 g/mol. The van der Waals surface area contributed by atoms with Gasteiger partial charge in [-0.1, -0.05) is 0 Å². The molecule has 0 saturated heterocycles. The molecule has 2 aromatic heterocycles. The SMILES string of the molecule is CNCCCN(C)Cc1c[nH]c2ncnc(Nc3ccc(OCCCOc4ccc(OC)cc4)c(OCC(=O)O)c3)c12. The third-order valence-corrected chi connectivity index (χ3v) is 6.39. The lowest BCUT2D eigenvalue weighted by atomic mass is 10.2. The van der Waals surface area contributed by atoms with E-state index >= 15 is 0 Å². The molecule has 4 rings (SSSR count). The number of methoxy groups -OCH3 is 1. The number of hydrogen-bond acceptors (Lipinski definition) is 10. The van der Waals surface area contributed by atoms with Crippen LogP contribution in [-0.4, -0.2) is 85.0 Å². The van der Waals surface area contributed by atoms with Crippen LogP contribution in [0.5, 0.6) is 23.0 Å². The van der Waals surface area contributed by atoms with Crippen LogP contribution in [0.4, 0.5) is 11.5 Å². The van der Waals surface area contributed by atoms with Gasteiger partial charge in [-0.25, -0.2) is 14.8 Å². The number of ether oxygens (including phenoxy) is 4. The number of H-pyrrole nitrogens is 1. The number of benzene rings is 2. The van der Waals surface area contributed by atoms with Crippen LogP contribution in [0.1, 0.15) is 18.4 Å². The highest BCUT2D eigenvalue weighted by Gasteiger charge is 2.15. The topological polar surface area (TPSA) is 143 Å². The van der Waals surface area contributed by atoms with E-state index < -0.39 is 12.6 Å². The lowest BCUT2D eigenvalue weighted by Gasteiger charge is -2.17. The quantitative estimate of drug-likeness (QED) is 0.127. The van der Waals surface area contributed by atoms with E-state index in [1.54, 1.807) is 19.2 Å². The monoisotopic (exact) mass is 578 g/mol. The predicted molar refractivity (Wildman–Crippen MR) is 160 cm³/mol. The van der Waals surface area contributed by atoms with E-state index in [2.05, 4.69) is 37.5 Å². The minimum absolute atomic E-state index is 0.308. The maximum atomic E-state index is 11.2. The zero-order valence-electron chi connectivity index (χ0n) is 24.2. The minimum atomic E-state index is -1.08. The molecule has 4 N–H and O–H groups in total. The number of nitrogens with zero attached hydrogens (tertiary/aromatic N) is 3. The van der Waals surface area contributed by atoms with Crippen LogP contribution in [0.25, 0.3) is 11.0 Å². The molecular weight excluding hydrogens is 540 g/mol. The fraction of sp³-hybridized carbons (Fsp3) is 0.367. The van der Waals surface area contributed by atoms with Crippen molar-refractivity contribution >= 4 is 28.5 Å². The molecule has 0 atom stereocenters. The number of aromatic nitrogens is 3. The van der Waals surface area contributed by atoms with Gasteiger partial charge in [-0.2, -0.15) is 0 Å².